The summed E-state index contributed by atoms with van der Waals surface area (Å²) in [5, 5.41) is 0. The second-order valence-corrected chi connectivity index (χ2v) is 5.40. The highest BCUT2D eigenvalue weighted by Crippen LogP contribution is 2.23. The van der Waals surface area contributed by atoms with Crippen molar-refractivity contribution in [1.82, 2.24) is 4.90 Å². The van der Waals surface area contributed by atoms with Gasteiger partial charge in [0.1, 0.15) is 11.5 Å². The van der Waals surface area contributed by atoms with Crippen LogP contribution < -0.4 is 9.47 Å². The molecule has 4 nitrogen and oxygen atoms in total. The Morgan fingerprint density at radius 1 is 1.25 bits per heavy atom. The molecule has 1 amide bonds. The van der Waals surface area contributed by atoms with Crippen LogP contribution in [0.15, 0.2) is 24.3 Å². The minimum Gasteiger partial charge on any atom is -0.497 e. The van der Waals surface area contributed by atoms with Gasteiger partial charge in [-0.15, -0.1) is 0 Å². The lowest BCUT2D eigenvalue weighted by atomic mass is 9.97. The number of ether oxygens (including phenoxy) is 2. The first-order chi connectivity index (χ1) is 9.61. The Labute approximate surface area is 120 Å². The van der Waals surface area contributed by atoms with Gasteiger partial charge in [0.2, 0.25) is 0 Å². The molecule has 4 heteroatoms. The van der Waals surface area contributed by atoms with Crippen LogP contribution in [0.25, 0.3) is 0 Å². The third kappa shape index (κ3) is 3.44. The van der Waals surface area contributed by atoms with Gasteiger partial charge in [-0.1, -0.05) is 6.07 Å². The van der Waals surface area contributed by atoms with E-state index in [9.17, 15) is 4.79 Å². The van der Waals surface area contributed by atoms with Crippen molar-refractivity contribution in [1.29, 1.82) is 0 Å². The van der Waals surface area contributed by atoms with Crippen LogP contribution in [0.2, 0.25) is 0 Å². The molecule has 1 heterocycles. The molecule has 0 spiro atoms. The zero-order chi connectivity index (χ0) is 14.5. The van der Waals surface area contributed by atoms with Crippen molar-refractivity contribution >= 4 is 5.91 Å². The smallest absolute Gasteiger partial charge is 0.260 e. The van der Waals surface area contributed by atoms with E-state index >= 15 is 0 Å². The molecule has 0 N–H and O–H groups in total. The molecule has 2 atom stereocenters. The van der Waals surface area contributed by atoms with Gasteiger partial charge in [-0.3, -0.25) is 4.79 Å². The number of likely N-dealkylation sites (tertiary alicyclic amines) is 1. The van der Waals surface area contributed by atoms with E-state index in [1.54, 1.807) is 13.2 Å². The Morgan fingerprint density at radius 2 is 1.90 bits per heavy atom. The molecular formula is C16H23NO3. The first-order valence-electron chi connectivity index (χ1n) is 7.20. The van der Waals surface area contributed by atoms with Gasteiger partial charge in [0.05, 0.1) is 7.11 Å². The average Bonchev–Trinajstić information content (AvgIpc) is 2.45. The van der Waals surface area contributed by atoms with Crippen LogP contribution in [0.3, 0.4) is 0 Å². The molecule has 1 aliphatic rings. The molecule has 1 aliphatic heterocycles. The first-order valence-corrected chi connectivity index (χ1v) is 7.20. The van der Waals surface area contributed by atoms with Gasteiger partial charge in [0.15, 0.2) is 6.61 Å². The topological polar surface area (TPSA) is 38.8 Å². The fourth-order valence-corrected chi connectivity index (χ4v) is 2.82. The van der Waals surface area contributed by atoms with Crippen molar-refractivity contribution in [2.75, 3.05) is 13.7 Å². The predicted octanol–water partition coefficient (Wildman–Crippen LogP) is 2.86. The molecule has 110 valence electrons. The van der Waals surface area contributed by atoms with Gasteiger partial charge in [-0.05, 0) is 45.2 Å². The summed E-state index contributed by atoms with van der Waals surface area (Å²) in [5.74, 6) is 1.46. The summed E-state index contributed by atoms with van der Waals surface area (Å²) in [7, 11) is 1.61. The Kier molecular flexibility index (Phi) is 4.88. The number of piperidine rings is 1. The summed E-state index contributed by atoms with van der Waals surface area (Å²) in [5.41, 5.74) is 0. The van der Waals surface area contributed by atoms with E-state index < -0.39 is 0 Å². The SMILES string of the molecule is COc1cccc(OCC(=O)N2C(C)CCCC2C)c1. The number of benzene rings is 1. The van der Waals surface area contributed by atoms with E-state index in [0.29, 0.717) is 17.8 Å². The van der Waals surface area contributed by atoms with Crippen LogP contribution in [0, 0.1) is 0 Å². The van der Waals surface area contributed by atoms with Crippen LogP contribution in [0.4, 0.5) is 0 Å². The lowest BCUT2D eigenvalue weighted by Crippen LogP contribution is -2.49. The Morgan fingerprint density at radius 3 is 2.55 bits per heavy atom. The summed E-state index contributed by atoms with van der Waals surface area (Å²) in [6.07, 6.45) is 3.35. The summed E-state index contributed by atoms with van der Waals surface area (Å²) in [4.78, 5) is 14.3. The third-order valence-corrected chi connectivity index (χ3v) is 3.89. The van der Waals surface area contributed by atoms with Crippen molar-refractivity contribution in [2.24, 2.45) is 0 Å². The predicted molar refractivity (Wildman–Crippen MR) is 78.1 cm³/mol. The maximum Gasteiger partial charge on any atom is 0.260 e. The van der Waals surface area contributed by atoms with Crippen LogP contribution in [-0.2, 0) is 4.79 Å². The minimum atomic E-state index is 0.0625. The summed E-state index contributed by atoms with van der Waals surface area (Å²) in [6.45, 7) is 4.31. The Hall–Kier alpha value is -1.71. The standard InChI is InChI=1S/C16H23NO3/c1-12-6-4-7-13(2)17(12)16(18)11-20-15-9-5-8-14(10-15)19-3/h5,8-10,12-13H,4,6-7,11H2,1-3H3. The highest BCUT2D eigenvalue weighted by Gasteiger charge is 2.28. The van der Waals surface area contributed by atoms with E-state index in [4.69, 9.17) is 9.47 Å². The Balaban J connectivity index is 1.94. The van der Waals surface area contributed by atoms with Gasteiger partial charge in [0, 0.05) is 18.2 Å². The molecule has 1 fully saturated rings. The summed E-state index contributed by atoms with van der Waals surface area (Å²) in [6, 6.07) is 7.93. The zero-order valence-electron chi connectivity index (χ0n) is 12.5. The summed E-state index contributed by atoms with van der Waals surface area (Å²) < 4.78 is 10.7. The fourth-order valence-electron chi connectivity index (χ4n) is 2.82. The minimum absolute atomic E-state index is 0.0625. The second-order valence-electron chi connectivity index (χ2n) is 5.40. The van der Waals surface area contributed by atoms with Crippen molar-refractivity contribution < 1.29 is 14.3 Å². The monoisotopic (exact) mass is 277 g/mol. The molecule has 0 bridgehead atoms. The van der Waals surface area contributed by atoms with Crippen LogP contribution in [-0.4, -0.2) is 36.6 Å². The molecule has 0 aliphatic carbocycles. The number of hydrogen-bond acceptors (Lipinski definition) is 3. The zero-order valence-corrected chi connectivity index (χ0v) is 12.5. The normalized spacial score (nSPS) is 22.4. The highest BCUT2D eigenvalue weighted by atomic mass is 16.5. The number of carbonyl (C=O) groups excluding carboxylic acids is 1. The maximum absolute atomic E-state index is 12.3. The van der Waals surface area contributed by atoms with Crippen molar-refractivity contribution in [2.45, 2.75) is 45.2 Å². The molecule has 0 radical (unpaired) electrons. The molecule has 1 aromatic carbocycles. The van der Waals surface area contributed by atoms with E-state index in [-0.39, 0.29) is 12.5 Å². The maximum atomic E-state index is 12.3. The van der Waals surface area contributed by atoms with Crippen LogP contribution in [0.1, 0.15) is 33.1 Å². The summed E-state index contributed by atoms with van der Waals surface area (Å²) >= 11 is 0. The van der Waals surface area contributed by atoms with Crippen molar-refractivity contribution in [3.63, 3.8) is 0 Å². The van der Waals surface area contributed by atoms with Gasteiger partial charge in [0.25, 0.3) is 5.91 Å². The molecule has 1 aromatic rings. The fraction of sp³-hybridized carbons (Fsp3) is 0.562. The van der Waals surface area contributed by atoms with Gasteiger partial charge < -0.3 is 14.4 Å². The molecular weight excluding hydrogens is 254 g/mol. The molecule has 2 rings (SSSR count). The third-order valence-electron chi connectivity index (χ3n) is 3.89. The average molecular weight is 277 g/mol. The number of carbonyl (C=O) groups is 1. The number of hydrogen-bond donors (Lipinski definition) is 0. The molecule has 20 heavy (non-hydrogen) atoms. The lowest BCUT2D eigenvalue weighted by Gasteiger charge is -2.38. The quantitative estimate of drug-likeness (QED) is 0.849. The van der Waals surface area contributed by atoms with E-state index in [2.05, 4.69) is 13.8 Å². The number of nitrogens with zero attached hydrogens (tertiary/aromatic N) is 1. The molecule has 0 saturated carbocycles. The van der Waals surface area contributed by atoms with Crippen LogP contribution >= 0.6 is 0 Å². The van der Waals surface area contributed by atoms with E-state index in [0.717, 1.165) is 18.6 Å². The van der Waals surface area contributed by atoms with Crippen molar-refractivity contribution in [3.05, 3.63) is 24.3 Å². The molecule has 1 saturated heterocycles. The van der Waals surface area contributed by atoms with E-state index in [1.165, 1.54) is 6.42 Å². The van der Waals surface area contributed by atoms with Gasteiger partial charge >= 0.3 is 0 Å². The lowest BCUT2D eigenvalue weighted by molar-refractivity contribution is -0.139. The van der Waals surface area contributed by atoms with Gasteiger partial charge in [-0.25, -0.2) is 0 Å². The highest BCUT2D eigenvalue weighted by molar-refractivity contribution is 5.78. The van der Waals surface area contributed by atoms with Gasteiger partial charge in [-0.2, -0.15) is 0 Å². The Bertz CT molecular complexity index is 451. The van der Waals surface area contributed by atoms with Crippen LogP contribution in [0.5, 0.6) is 11.5 Å². The molecule has 2 unspecified atom stereocenters. The van der Waals surface area contributed by atoms with E-state index in [1.807, 2.05) is 23.1 Å². The number of amides is 1. The van der Waals surface area contributed by atoms with Crippen molar-refractivity contribution in [3.8, 4) is 11.5 Å². The number of methoxy groups -OCH3 is 1. The second kappa shape index (κ2) is 6.64. The largest absolute Gasteiger partial charge is 0.497 e. The number of rotatable bonds is 4. The molecule has 0 aromatic heterocycles. The first kappa shape index (κ1) is 14.7.